The zero-order valence-electron chi connectivity index (χ0n) is 37.2. The van der Waals surface area contributed by atoms with Gasteiger partial charge in [-0.2, -0.15) is 0 Å². The number of allylic oxidation sites excluding steroid dienone is 1. The Morgan fingerprint density at radius 1 is 0.571 bits per heavy atom. The molecule has 0 aliphatic rings. The van der Waals surface area contributed by atoms with Gasteiger partial charge in [-0.1, -0.05) is 141 Å². The smallest absolute Gasteiger partial charge is 0.306 e. The molecule has 0 fully saturated rings. The highest BCUT2D eigenvalue weighted by molar-refractivity contribution is 5.70. The Morgan fingerprint density at radius 3 is 1.55 bits per heavy atom. The van der Waals surface area contributed by atoms with E-state index in [2.05, 4.69) is 49.4 Å². The molecule has 0 aromatic rings. The summed E-state index contributed by atoms with van der Waals surface area (Å²) >= 11 is 0. The fourth-order valence-corrected chi connectivity index (χ4v) is 7.00. The van der Waals surface area contributed by atoms with E-state index in [-0.39, 0.29) is 24.0 Å². The molecular weight excluding hydrogens is 699 g/mol. The van der Waals surface area contributed by atoms with Crippen LogP contribution in [0.4, 0.5) is 0 Å². The quantitative estimate of drug-likeness (QED) is 0.0265. The number of unbranched alkanes of at least 4 members (excludes halogenated alkanes) is 16. The molecule has 0 saturated heterocycles. The number of esters is 3. The molecule has 324 valence electrons. The third kappa shape index (κ3) is 38.3. The molecule has 0 aliphatic heterocycles. The number of ether oxygens (including phenoxy) is 3. The molecule has 0 aromatic heterocycles. The fourth-order valence-electron chi connectivity index (χ4n) is 7.00. The first kappa shape index (κ1) is 53.5. The fraction of sp³-hybridized carbons (Fsp3) is 0.837. The van der Waals surface area contributed by atoms with Crippen LogP contribution in [0.25, 0.3) is 0 Å². The summed E-state index contributed by atoms with van der Waals surface area (Å²) < 4.78 is 17.0. The summed E-state index contributed by atoms with van der Waals surface area (Å²) in [5.41, 5.74) is 8.37. The largest absolute Gasteiger partial charge is 0.466 e. The second-order valence-electron chi connectivity index (χ2n) is 16.5. The van der Waals surface area contributed by atoms with Gasteiger partial charge in [-0.15, -0.1) is 0 Å². The van der Waals surface area contributed by atoms with E-state index in [4.69, 9.17) is 14.2 Å². The molecule has 0 amide bonds. The Balaban J connectivity index is 4.18. The van der Waals surface area contributed by atoms with Crippen molar-refractivity contribution in [3.63, 3.8) is 0 Å². The van der Waals surface area contributed by atoms with Crippen molar-refractivity contribution < 1.29 is 28.6 Å². The zero-order valence-corrected chi connectivity index (χ0v) is 37.2. The Morgan fingerprint density at radius 2 is 1.04 bits per heavy atom. The van der Waals surface area contributed by atoms with E-state index in [1.807, 2.05) is 20.2 Å². The molecule has 0 heterocycles. The van der Waals surface area contributed by atoms with Crippen LogP contribution in [0.3, 0.4) is 0 Å². The van der Waals surface area contributed by atoms with Gasteiger partial charge in [0.2, 0.25) is 0 Å². The van der Waals surface area contributed by atoms with E-state index in [1.165, 1.54) is 70.6 Å². The molecular formula is C49H87NO6. The molecule has 7 heteroatoms. The minimum absolute atomic E-state index is 0.0151. The molecule has 0 N–H and O–H groups in total. The van der Waals surface area contributed by atoms with E-state index in [1.54, 1.807) is 0 Å². The topological polar surface area (TPSA) is 82.1 Å². The second-order valence-corrected chi connectivity index (χ2v) is 16.5. The van der Waals surface area contributed by atoms with Crippen molar-refractivity contribution in [2.24, 2.45) is 11.8 Å². The van der Waals surface area contributed by atoms with Crippen LogP contribution in [0.5, 0.6) is 0 Å². The molecule has 0 aliphatic carbocycles. The number of carbonyl (C=O) groups excluding carboxylic acids is 3. The van der Waals surface area contributed by atoms with E-state index in [9.17, 15) is 14.4 Å². The summed E-state index contributed by atoms with van der Waals surface area (Å²) in [5.74, 6) is 0.779. The normalized spacial score (nSPS) is 12.6. The lowest BCUT2D eigenvalue weighted by Crippen LogP contribution is -2.20. The highest BCUT2D eigenvalue weighted by Gasteiger charge is 2.15. The predicted molar refractivity (Wildman–Crippen MR) is 234 cm³/mol. The monoisotopic (exact) mass is 786 g/mol. The van der Waals surface area contributed by atoms with Crippen LogP contribution in [-0.2, 0) is 28.6 Å². The lowest BCUT2D eigenvalue weighted by Gasteiger charge is -2.18. The Hall–Kier alpha value is -2.55. The maximum absolute atomic E-state index is 12.6. The molecule has 56 heavy (non-hydrogen) atoms. The van der Waals surface area contributed by atoms with Crippen molar-refractivity contribution in [3.05, 3.63) is 29.8 Å². The number of carbonyl (C=O) groups is 3. The molecule has 0 aromatic carbocycles. The summed E-state index contributed by atoms with van der Waals surface area (Å²) in [5, 5.41) is 0. The van der Waals surface area contributed by atoms with Gasteiger partial charge in [0.05, 0.1) is 13.2 Å². The average Bonchev–Trinajstić information content (AvgIpc) is 3.16. The minimum atomic E-state index is -0.0901. The van der Waals surface area contributed by atoms with Crippen LogP contribution in [-0.4, -0.2) is 62.8 Å². The maximum atomic E-state index is 12.6. The highest BCUT2D eigenvalue weighted by atomic mass is 16.5. The van der Waals surface area contributed by atoms with Gasteiger partial charge in [-0.25, -0.2) is 0 Å². The third-order valence-corrected chi connectivity index (χ3v) is 10.7. The molecule has 0 spiro atoms. The van der Waals surface area contributed by atoms with Crippen molar-refractivity contribution in [1.29, 1.82) is 0 Å². The lowest BCUT2D eigenvalue weighted by molar-refractivity contribution is -0.150. The molecule has 0 radical (unpaired) electrons. The van der Waals surface area contributed by atoms with Crippen molar-refractivity contribution >= 4 is 17.9 Å². The van der Waals surface area contributed by atoms with E-state index >= 15 is 0 Å². The first-order valence-electron chi connectivity index (χ1n) is 23.2. The van der Waals surface area contributed by atoms with Crippen LogP contribution in [0.1, 0.15) is 213 Å². The maximum Gasteiger partial charge on any atom is 0.306 e. The van der Waals surface area contributed by atoms with Gasteiger partial charge >= 0.3 is 17.9 Å². The molecule has 3 atom stereocenters. The molecule has 0 saturated carbocycles. The van der Waals surface area contributed by atoms with Gasteiger partial charge in [0.1, 0.15) is 6.10 Å². The molecule has 0 rings (SSSR count). The van der Waals surface area contributed by atoms with Crippen LogP contribution in [0, 0.1) is 11.8 Å². The van der Waals surface area contributed by atoms with E-state index in [0.29, 0.717) is 44.3 Å². The number of hydrogen-bond acceptors (Lipinski definition) is 7. The standard InChI is InChI=1S/C49H87NO6/c1-7-10-23-31-44(4)39-42-54-47(51)36-28-21-17-13-15-19-26-34-46(56-49(53)38-30-41-50(5)6)35-27-20-16-14-18-22-29-37-48(52)55-43-40-45(32-24-11-8-2)33-25-12-9-3/h32,44-46H,2,7,9-10,12-23,25-31,33-43H2,1,3-6H3. The molecule has 0 bridgehead atoms. The van der Waals surface area contributed by atoms with Gasteiger partial charge in [0.15, 0.2) is 0 Å². The first-order chi connectivity index (χ1) is 27.2. The summed E-state index contributed by atoms with van der Waals surface area (Å²) in [6.07, 6.45) is 33.1. The van der Waals surface area contributed by atoms with Crippen LogP contribution >= 0.6 is 0 Å². The Labute approximate surface area is 345 Å². The summed E-state index contributed by atoms with van der Waals surface area (Å²) in [7, 11) is 4.06. The van der Waals surface area contributed by atoms with Gasteiger partial charge in [0, 0.05) is 19.3 Å². The first-order valence-corrected chi connectivity index (χ1v) is 23.2. The minimum Gasteiger partial charge on any atom is -0.466 e. The van der Waals surface area contributed by atoms with Crippen molar-refractivity contribution in [2.45, 2.75) is 219 Å². The van der Waals surface area contributed by atoms with Crippen LogP contribution in [0.15, 0.2) is 29.8 Å². The average molecular weight is 786 g/mol. The van der Waals surface area contributed by atoms with Gasteiger partial charge in [0.25, 0.3) is 0 Å². The molecule has 7 nitrogen and oxygen atoms in total. The second kappa shape index (κ2) is 40.6. The van der Waals surface area contributed by atoms with Crippen LogP contribution in [0.2, 0.25) is 0 Å². The van der Waals surface area contributed by atoms with Crippen molar-refractivity contribution in [1.82, 2.24) is 4.90 Å². The number of hydrogen-bond donors (Lipinski definition) is 0. The summed E-state index contributed by atoms with van der Waals surface area (Å²) in [6.45, 7) is 12.1. The Kier molecular flexibility index (Phi) is 38.8. The Bertz CT molecular complexity index is 1070. The predicted octanol–water partition coefficient (Wildman–Crippen LogP) is 13.2. The van der Waals surface area contributed by atoms with Crippen LogP contribution < -0.4 is 0 Å². The van der Waals surface area contributed by atoms with Crippen molar-refractivity contribution in [3.8, 4) is 0 Å². The van der Waals surface area contributed by atoms with E-state index < -0.39 is 0 Å². The van der Waals surface area contributed by atoms with E-state index in [0.717, 1.165) is 109 Å². The molecule has 3 unspecified atom stereocenters. The summed E-state index contributed by atoms with van der Waals surface area (Å²) in [6, 6.07) is 0. The number of nitrogens with zero attached hydrogens (tertiary/aromatic N) is 1. The third-order valence-electron chi connectivity index (χ3n) is 10.7. The highest BCUT2D eigenvalue weighted by Crippen LogP contribution is 2.20. The zero-order chi connectivity index (χ0) is 41.3. The van der Waals surface area contributed by atoms with Gasteiger partial charge in [-0.05, 0) is 115 Å². The SMILES string of the molecule is C=C=C=C=CC(CCCCC)CCOC(=O)CCCCCCCCCC(CCCCCCCCCC(=O)OCCC(C)CCCCC)OC(=O)CCCN(C)C. The lowest BCUT2D eigenvalue weighted by atomic mass is 9.98. The van der Waals surface area contributed by atoms with Crippen molar-refractivity contribution in [2.75, 3.05) is 33.9 Å². The van der Waals surface area contributed by atoms with Gasteiger partial charge in [-0.3, -0.25) is 14.4 Å². The van der Waals surface area contributed by atoms with Gasteiger partial charge < -0.3 is 19.1 Å². The summed E-state index contributed by atoms with van der Waals surface area (Å²) in [4.78, 5) is 39.1. The number of rotatable bonds is 40.